The summed E-state index contributed by atoms with van der Waals surface area (Å²) in [6.45, 7) is 4.23. The maximum atomic E-state index is 13.2. The predicted molar refractivity (Wildman–Crippen MR) is 131 cm³/mol. The average Bonchev–Trinajstić information content (AvgIpc) is 2.83. The van der Waals surface area contributed by atoms with Gasteiger partial charge in [-0.3, -0.25) is 9.69 Å². The third kappa shape index (κ3) is 6.03. The number of aromatic nitrogens is 1. The molecule has 0 unspecified atom stereocenters. The molecule has 4 rings (SSSR count). The monoisotopic (exact) mass is 469 g/mol. The fourth-order valence-electron chi connectivity index (χ4n) is 4.90. The molecule has 1 amide bonds. The number of carbonyl (C=O) groups excluding carboxylic acids is 1. The Bertz CT molecular complexity index is 965. The summed E-state index contributed by atoms with van der Waals surface area (Å²) < 4.78 is 0. The summed E-state index contributed by atoms with van der Waals surface area (Å²) in [5.74, 6) is 1.24. The van der Waals surface area contributed by atoms with E-state index in [4.69, 9.17) is 22.2 Å². The fourth-order valence-corrected chi connectivity index (χ4v) is 5.03. The number of nitrogens with two attached hydrogens (primary N) is 1. The Morgan fingerprint density at radius 1 is 1.09 bits per heavy atom. The van der Waals surface area contributed by atoms with Gasteiger partial charge in [-0.1, -0.05) is 28.9 Å². The number of rotatable bonds is 6. The first-order valence-corrected chi connectivity index (χ1v) is 12.0. The van der Waals surface area contributed by atoms with Crippen LogP contribution in [0.4, 0.5) is 5.82 Å². The van der Waals surface area contributed by atoms with Crippen LogP contribution in [0.25, 0.3) is 0 Å². The Balaban J connectivity index is 1.28. The van der Waals surface area contributed by atoms with Crippen molar-refractivity contribution in [2.75, 3.05) is 39.0 Å². The van der Waals surface area contributed by atoms with Gasteiger partial charge in [0.05, 0.1) is 5.71 Å². The number of nitrogens with zero attached hydrogens (tertiary/aromatic N) is 4. The first-order chi connectivity index (χ1) is 16.0. The Labute approximate surface area is 200 Å². The molecule has 176 valence electrons. The highest BCUT2D eigenvalue weighted by Crippen LogP contribution is 2.27. The molecule has 2 saturated heterocycles. The van der Waals surface area contributed by atoms with E-state index in [1.165, 1.54) is 5.56 Å². The minimum Gasteiger partial charge on any atom is -0.399 e. The summed E-state index contributed by atoms with van der Waals surface area (Å²) in [6, 6.07) is 11.6. The van der Waals surface area contributed by atoms with Gasteiger partial charge in [-0.25, -0.2) is 4.98 Å². The molecule has 3 heterocycles. The normalized spacial score (nSPS) is 19.0. The molecule has 0 bridgehead atoms. The second-order valence-electron chi connectivity index (χ2n) is 8.90. The number of hydrogen-bond acceptors (Lipinski definition) is 6. The fraction of sp³-hybridized carbons (Fsp3) is 0.480. The number of anilines is 1. The van der Waals surface area contributed by atoms with E-state index in [-0.39, 0.29) is 11.8 Å². The van der Waals surface area contributed by atoms with E-state index in [0.717, 1.165) is 69.7 Å². The SMILES string of the molecule is CO/N=C(\c1ccc(Cl)cc1)C1CCN(C(=O)C2CCN(Cc3ccnc(N)c3)CC2)CC1. The second kappa shape index (κ2) is 11.0. The van der Waals surface area contributed by atoms with E-state index in [1.54, 1.807) is 13.3 Å². The Kier molecular flexibility index (Phi) is 7.83. The van der Waals surface area contributed by atoms with Gasteiger partial charge in [0.25, 0.3) is 0 Å². The van der Waals surface area contributed by atoms with Crippen molar-refractivity contribution in [2.45, 2.75) is 32.2 Å². The van der Waals surface area contributed by atoms with Gasteiger partial charge < -0.3 is 15.5 Å². The van der Waals surface area contributed by atoms with Crippen molar-refractivity contribution >= 4 is 29.0 Å². The molecule has 2 aliphatic rings. The smallest absolute Gasteiger partial charge is 0.225 e. The molecule has 7 nitrogen and oxygen atoms in total. The molecule has 0 atom stereocenters. The Morgan fingerprint density at radius 2 is 1.76 bits per heavy atom. The van der Waals surface area contributed by atoms with Crippen molar-refractivity contribution in [1.29, 1.82) is 0 Å². The number of benzene rings is 1. The molecule has 2 N–H and O–H groups in total. The predicted octanol–water partition coefficient (Wildman–Crippen LogP) is 3.82. The number of piperidine rings is 2. The Hall–Kier alpha value is -2.64. The van der Waals surface area contributed by atoms with E-state index in [1.807, 2.05) is 41.3 Å². The lowest BCUT2D eigenvalue weighted by Gasteiger charge is -2.37. The van der Waals surface area contributed by atoms with Gasteiger partial charge in [0, 0.05) is 42.7 Å². The zero-order chi connectivity index (χ0) is 23.2. The lowest BCUT2D eigenvalue weighted by molar-refractivity contribution is -0.138. The van der Waals surface area contributed by atoms with Gasteiger partial charge >= 0.3 is 0 Å². The van der Waals surface area contributed by atoms with Crippen molar-refractivity contribution in [3.8, 4) is 0 Å². The van der Waals surface area contributed by atoms with E-state index < -0.39 is 0 Å². The summed E-state index contributed by atoms with van der Waals surface area (Å²) in [7, 11) is 1.57. The number of carbonyl (C=O) groups is 1. The lowest BCUT2D eigenvalue weighted by atomic mass is 9.87. The van der Waals surface area contributed by atoms with Gasteiger partial charge in [0.2, 0.25) is 5.91 Å². The second-order valence-corrected chi connectivity index (χ2v) is 9.34. The molecule has 2 fully saturated rings. The van der Waals surface area contributed by atoms with Gasteiger partial charge in [0.15, 0.2) is 0 Å². The zero-order valence-electron chi connectivity index (χ0n) is 19.1. The van der Waals surface area contributed by atoms with Gasteiger partial charge in [0.1, 0.15) is 12.9 Å². The van der Waals surface area contributed by atoms with Gasteiger partial charge in [-0.15, -0.1) is 0 Å². The molecule has 2 aliphatic heterocycles. The minimum atomic E-state index is 0.115. The minimum absolute atomic E-state index is 0.115. The van der Waals surface area contributed by atoms with Crippen LogP contribution in [-0.2, 0) is 16.2 Å². The number of amides is 1. The molecular weight excluding hydrogens is 438 g/mol. The maximum absolute atomic E-state index is 13.2. The van der Waals surface area contributed by atoms with Crippen molar-refractivity contribution in [1.82, 2.24) is 14.8 Å². The number of nitrogen functional groups attached to an aromatic ring is 1. The summed E-state index contributed by atoms with van der Waals surface area (Å²) in [5, 5.41) is 5.01. The topological polar surface area (TPSA) is 84.0 Å². The van der Waals surface area contributed by atoms with Crippen molar-refractivity contribution in [3.05, 3.63) is 58.7 Å². The molecular formula is C25H32ClN5O2. The third-order valence-corrected chi connectivity index (χ3v) is 6.96. The van der Waals surface area contributed by atoms with E-state index in [0.29, 0.717) is 16.7 Å². The number of pyridine rings is 1. The molecule has 0 radical (unpaired) electrons. The summed E-state index contributed by atoms with van der Waals surface area (Å²) >= 11 is 6.04. The van der Waals surface area contributed by atoms with Crippen LogP contribution in [0, 0.1) is 11.8 Å². The van der Waals surface area contributed by atoms with Crippen LogP contribution < -0.4 is 5.73 Å². The molecule has 8 heteroatoms. The molecule has 0 spiro atoms. The van der Waals surface area contributed by atoms with Crippen LogP contribution in [-0.4, -0.2) is 59.7 Å². The van der Waals surface area contributed by atoms with Crippen LogP contribution in [0.3, 0.4) is 0 Å². The van der Waals surface area contributed by atoms with Crippen LogP contribution >= 0.6 is 11.6 Å². The quantitative estimate of drug-likeness (QED) is 0.513. The lowest BCUT2D eigenvalue weighted by Crippen LogP contribution is -2.46. The molecule has 2 aromatic rings. The first-order valence-electron chi connectivity index (χ1n) is 11.6. The average molecular weight is 470 g/mol. The maximum Gasteiger partial charge on any atom is 0.225 e. The Morgan fingerprint density at radius 3 is 2.39 bits per heavy atom. The third-order valence-electron chi connectivity index (χ3n) is 6.71. The molecule has 0 aliphatic carbocycles. The van der Waals surface area contributed by atoms with Crippen LogP contribution in [0.15, 0.2) is 47.8 Å². The summed E-state index contributed by atoms with van der Waals surface area (Å²) in [4.78, 5) is 26.8. The standard InChI is InChI=1S/C25H32ClN5O2/c1-33-29-24(19-2-4-22(26)5-3-19)20-9-14-31(15-10-20)25(32)21-7-12-30(13-8-21)17-18-6-11-28-23(27)16-18/h2-6,11,16,20-21H,7-10,12-15,17H2,1H3,(H2,27,28)/b29-24+. The van der Waals surface area contributed by atoms with Crippen molar-refractivity contribution in [2.24, 2.45) is 17.0 Å². The number of oxime groups is 1. The zero-order valence-corrected chi connectivity index (χ0v) is 19.9. The highest BCUT2D eigenvalue weighted by Gasteiger charge is 2.32. The van der Waals surface area contributed by atoms with Crippen molar-refractivity contribution < 1.29 is 9.63 Å². The summed E-state index contributed by atoms with van der Waals surface area (Å²) in [5.41, 5.74) is 8.92. The van der Waals surface area contributed by atoms with Gasteiger partial charge in [-0.2, -0.15) is 0 Å². The van der Waals surface area contributed by atoms with E-state index in [2.05, 4.69) is 15.0 Å². The number of likely N-dealkylation sites (tertiary alicyclic amines) is 2. The summed E-state index contributed by atoms with van der Waals surface area (Å²) in [6.07, 6.45) is 5.33. The molecule has 1 aromatic carbocycles. The number of hydrogen-bond donors (Lipinski definition) is 1. The molecule has 33 heavy (non-hydrogen) atoms. The van der Waals surface area contributed by atoms with Gasteiger partial charge in [-0.05, 0) is 74.2 Å². The highest BCUT2D eigenvalue weighted by molar-refractivity contribution is 6.30. The van der Waals surface area contributed by atoms with E-state index in [9.17, 15) is 4.79 Å². The molecule has 0 saturated carbocycles. The molecule has 1 aromatic heterocycles. The van der Waals surface area contributed by atoms with Crippen molar-refractivity contribution in [3.63, 3.8) is 0 Å². The largest absolute Gasteiger partial charge is 0.399 e. The van der Waals surface area contributed by atoms with E-state index >= 15 is 0 Å². The first kappa shape index (κ1) is 23.5. The highest BCUT2D eigenvalue weighted by atomic mass is 35.5. The van der Waals surface area contributed by atoms with Crippen LogP contribution in [0.5, 0.6) is 0 Å². The number of halogens is 1. The van der Waals surface area contributed by atoms with Crippen LogP contribution in [0.2, 0.25) is 5.02 Å². The van der Waals surface area contributed by atoms with Crippen LogP contribution in [0.1, 0.15) is 36.8 Å².